The van der Waals surface area contributed by atoms with Gasteiger partial charge in [0, 0.05) is 30.8 Å². The van der Waals surface area contributed by atoms with E-state index in [1.165, 1.54) is 12.3 Å². The molecule has 0 saturated carbocycles. The number of rotatable bonds is 3. The monoisotopic (exact) mass is 262 g/mol. The highest BCUT2D eigenvalue weighted by Gasteiger charge is 2.15. The van der Waals surface area contributed by atoms with E-state index in [9.17, 15) is 4.39 Å². The summed E-state index contributed by atoms with van der Waals surface area (Å²) in [6.07, 6.45) is 6.83. The van der Waals surface area contributed by atoms with Crippen molar-refractivity contribution in [2.75, 3.05) is 13.2 Å². The van der Waals surface area contributed by atoms with Crippen molar-refractivity contribution in [1.82, 2.24) is 20.0 Å². The molecule has 0 bridgehead atoms. The second-order valence-corrected chi connectivity index (χ2v) is 4.80. The highest BCUT2D eigenvalue weighted by atomic mass is 19.1. The van der Waals surface area contributed by atoms with Crippen LogP contribution in [0.25, 0.3) is 11.3 Å². The fourth-order valence-corrected chi connectivity index (χ4v) is 2.29. The molecular weight excluding hydrogens is 247 g/mol. The quantitative estimate of drug-likeness (QED) is 0.847. The molecule has 1 aliphatic heterocycles. The van der Waals surface area contributed by atoms with Gasteiger partial charge in [0.05, 0.1) is 19.0 Å². The summed E-state index contributed by atoms with van der Waals surface area (Å²) in [5.74, 6) is 0.113. The minimum atomic E-state index is -0.368. The van der Waals surface area contributed by atoms with Crippen LogP contribution in [-0.4, -0.2) is 33.2 Å². The van der Waals surface area contributed by atoms with Gasteiger partial charge in [-0.25, -0.2) is 4.39 Å². The molecule has 0 spiro atoms. The number of pyridine rings is 1. The van der Waals surface area contributed by atoms with Gasteiger partial charge in [0.2, 0.25) is 0 Å². The van der Waals surface area contributed by atoms with Crippen LogP contribution in [-0.2, 0) is 11.3 Å². The van der Waals surface area contributed by atoms with Gasteiger partial charge in [0.1, 0.15) is 11.5 Å². The molecule has 2 aromatic heterocycles. The number of halogens is 1. The summed E-state index contributed by atoms with van der Waals surface area (Å²) < 4.78 is 20.3. The molecule has 1 fully saturated rings. The van der Waals surface area contributed by atoms with Gasteiger partial charge in [-0.3, -0.25) is 9.67 Å². The van der Waals surface area contributed by atoms with Gasteiger partial charge in [-0.1, -0.05) is 5.21 Å². The molecule has 0 N–H and O–H groups in total. The highest BCUT2D eigenvalue weighted by Crippen LogP contribution is 2.18. The van der Waals surface area contributed by atoms with Crippen molar-refractivity contribution in [3.05, 3.63) is 30.5 Å². The van der Waals surface area contributed by atoms with Gasteiger partial charge in [0.25, 0.3) is 0 Å². The molecule has 1 atom stereocenters. The predicted octanol–water partition coefficient (Wildman–Crippen LogP) is 1.91. The van der Waals surface area contributed by atoms with Crippen LogP contribution in [0.15, 0.2) is 24.7 Å². The lowest BCUT2D eigenvalue weighted by Crippen LogP contribution is -2.22. The maximum Gasteiger partial charge on any atom is 0.142 e. The van der Waals surface area contributed by atoms with Gasteiger partial charge in [0.15, 0.2) is 0 Å². The van der Waals surface area contributed by atoms with Crippen LogP contribution in [0.4, 0.5) is 4.39 Å². The van der Waals surface area contributed by atoms with Crippen LogP contribution >= 0.6 is 0 Å². The van der Waals surface area contributed by atoms with E-state index in [2.05, 4.69) is 15.3 Å². The van der Waals surface area contributed by atoms with Crippen molar-refractivity contribution in [2.45, 2.75) is 19.4 Å². The topological polar surface area (TPSA) is 52.8 Å². The van der Waals surface area contributed by atoms with E-state index in [0.29, 0.717) is 17.2 Å². The van der Waals surface area contributed by atoms with Crippen LogP contribution < -0.4 is 0 Å². The Kier molecular flexibility index (Phi) is 3.50. The lowest BCUT2D eigenvalue weighted by Gasteiger charge is -2.21. The molecule has 6 heteroatoms. The number of aromatic nitrogens is 4. The molecule has 1 saturated heterocycles. The smallest absolute Gasteiger partial charge is 0.142 e. The van der Waals surface area contributed by atoms with Crippen LogP contribution in [0, 0.1) is 11.7 Å². The highest BCUT2D eigenvalue weighted by molar-refractivity contribution is 5.55. The summed E-state index contributed by atoms with van der Waals surface area (Å²) in [6.45, 7) is 2.42. The zero-order valence-corrected chi connectivity index (χ0v) is 10.5. The maximum absolute atomic E-state index is 13.1. The Morgan fingerprint density at radius 1 is 1.42 bits per heavy atom. The maximum atomic E-state index is 13.1. The SMILES string of the molecule is Fc1cncc(-c2cn(CC3CCCOC3)nn2)c1. The van der Waals surface area contributed by atoms with Crippen molar-refractivity contribution in [1.29, 1.82) is 0 Å². The first-order valence-corrected chi connectivity index (χ1v) is 6.40. The summed E-state index contributed by atoms with van der Waals surface area (Å²) in [5.41, 5.74) is 1.29. The Bertz CT molecular complexity index is 551. The normalized spacial score (nSPS) is 19.5. The molecule has 100 valence electrons. The standard InChI is InChI=1S/C13H15FN4O/c14-12-4-11(5-15-6-12)13-8-18(17-16-13)7-10-2-1-3-19-9-10/h4-6,8,10H,1-3,7,9H2. The number of nitrogens with zero attached hydrogens (tertiary/aromatic N) is 4. The molecular formula is C13H15FN4O. The van der Waals surface area contributed by atoms with Gasteiger partial charge in [-0.2, -0.15) is 0 Å². The minimum absolute atomic E-state index is 0.368. The lowest BCUT2D eigenvalue weighted by molar-refractivity contribution is 0.0468. The van der Waals surface area contributed by atoms with Crippen molar-refractivity contribution in [3.8, 4) is 11.3 Å². The zero-order valence-electron chi connectivity index (χ0n) is 10.5. The molecule has 2 aromatic rings. The number of ether oxygens (including phenoxy) is 1. The third-order valence-corrected chi connectivity index (χ3v) is 3.24. The molecule has 1 unspecified atom stereocenters. The molecule has 19 heavy (non-hydrogen) atoms. The summed E-state index contributed by atoms with van der Waals surface area (Å²) in [5, 5.41) is 8.14. The largest absolute Gasteiger partial charge is 0.381 e. The molecule has 1 aliphatic rings. The Morgan fingerprint density at radius 2 is 2.37 bits per heavy atom. The summed E-state index contributed by atoms with van der Waals surface area (Å²) in [6, 6.07) is 1.41. The van der Waals surface area contributed by atoms with Crippen molar-refractivity contribution in [3.63, 3.8) is 0 Å². The Labute approximate surface area is 110 Å². The van der Waals surface area contributed by atoms with Gasteiger partial charge in [-0.05, 0) is 18.9 Å². The van der Waals surface area contributed by atoms with Crippen molar-refractivity contribution < 1.29 is 9.13 Å². The average Bonchev–Trinajstić information content (AvgIpc) is 2.88. The van der Waals surface area contributed by atoms with E-state index in [4.69, 9.17) is 4.74 Å². The average molecular weight is 262 g/mol. The first kappa shape index (κ1) is 12.2. The molecule has 0 aliphatic carbocycles. The molecule has 3 rings (SSSR count). The fourth-order valence-electron chi connectivity index (χ4n) is 2.29. The summed E-state index contributed by atoms with van der Waals surface area (Å²) in [4.78, 5) is 3.81. The van der Waals surface area contributed by atoms with E-state index >= 15 is 0 Å². The Balaban J connectivity index is 1.72. The molecule has 3 heterocycles. The van der Waals surface area contributed by atoms with E-state index in [1.807, 2.05) is 6.20 Å². The van der Waals surface area contributed by atoms with Gasteiger partial charge >= 0.3 is 0 Å². The van der Waals surface area contributed by atoms with Crippen LogP contribution in [0.5, 0.6) is 0 Å². The Hall–Kier alpha value is -1.82. The zero-order chi connectivity index (χ0) is 13.1. The number of hydrogen-bond donors (Lipinski definition) is 0. The van der Waals surface area contributed by atoms with Crippen molar-refractivity contribution in [2.24, 2.45) is 5.92 Å². The van der Waals surface area contributed by atoms with Crippen molar-refractivity contribution >= 4 is 0 Å². The fraction of sp³-hybridized carbons (Fsp3) is 0.462. The van der Waals surface area contributed by atoms with E-state index in [-0.39, 0.29) is 5.82 Å². The summed E-state index contributed by atoms with van der Waals surface area (Å²) >= 11 is 0. The van der Waals surface area contributed by atoms with Gasteiger partial charge in [-0.15, -0.1) is 5.10 Å². The minimum Gasteiger partial charge on any atom is -0.381 e. The molecule has 5 nitrogen and oxygen atoms in total. The Morgan fingerprint density at radius 3 is 3.16 bits per heavy atom. The van der Waals surface area contributed by atoms with E-state index in [0.717, 1.165) is 32.6 Å². The van der Waals surface area contributed by atoms with Crippen LogP contribution in [0.3, 0.4) is 0 Å². The van der Waals surface area contributed by atoms with Crippen LogP contribution in [0.1, 0.15) is 12.8 Å². The third kappa shape index (κ3) is 2.96. The molecule has 0 radical (unpaired) electrons. The first-order chi connectivity index (χ1) is 9.31. The van der Waals surface area contributed by atoms with E-state index < -0.39 is 0 Å². The van der Waals surface area contributed by atoms with Gasteiger partial charge < -0.3 is 4.74 Å². The number of hydrogen-bond acceptors (Lipinski definition) is 4. The third-order valence-electron chi connectivity index (χ3n) is 3.24. The van der Waals surface area contributed by atoms with Crippen LogP contribution in [0.2, 0.25) is 0 Å². The summed E-state index contributed by atoms with van der Waals surface area (Å²) in [7, 11) is 0. The second kappa shape index (κ2) is 5.44. The molecule has 0 amide bonds. The molecule has 0 aromatic carbocycles. The first-order valence-electron chi connectivity index (χ1n) is 6.40. The van der Waals surface area contributed by atoms with E-state index in [1.54, 1.807) is 10.9 Å². The predicted molar refractivity (Wildman–Crippen MR) is 66.8 cm³/mol. The second-order valence-electron chi connectivity index (χ2n) is 4.80. The lowest BCUT2D eigenvalue weighted by atomic mass is 10.0.